The van der Waals surface area contributed by atoms with Crippen LogP contribution in [0.25, 0.3) is 0 Å². The van der Waals surface area contributed by atoms with E-state index in [1.165, 1.54) is 0 Å². The number of nitrogens with zero attached hydrogens (tertiary/aromatic N) is 3. The predicted octanol–water partition coefficient (Wildman–Crippen LogP) is 2.14. The first kappa shape index (κ1) is 20.9. The number of halogens is 1. The van der Waals surface area contributed by atoms with Crippen LogP contribution < -0.4 is 15.0 Å². The van der Waals surface area contributed by atoms with Gasteiger partial charge < -0.3 is 19.9 Å². The van der Waals surface area contributed by atoms with E-state index in [9.17, 15) is 9.59 Å². The van der Waals surface area contributed by atoms with Crippen molar-refractivity contribution in [1.29, 1.82) is 0 Å². The summed E-state index contributed by atoms with van der Waals surface area (Å²) in [6.07, 6.45) is 1.87. The fourth-order valence-electron chi connectivity index (χ4n) is 3.30. The molecule has 0 unspecified atom stereocenters. The second kappa shape index (κ2) is 9.60. The van der Waals surface area contributed by atoms with E-state index in [1.807, 2.05) is 18.2 Å². The molecule has 1 aliphatic rings. The Balaban J connectivity index is 1.49. The maximum atomic E-state index is 12.7. The van der Waals surface area contributed by atoms with Gasteiger partial charge in [0.25, 0.3) is 0 Å². The molecule has 2 aromatic rings. The molecule has 0 saturated carbocycles. The molecule has 0 spiro atoms. The van der Waals surface area contributed by atoms with E-state index >= 15 is 0 Å². The molecule has 29 heavy (non-hydrogen) atoms. The maximum absolute atomic E-state index is 12.7. The van der Waals surface area contributed by atoms with Crippen LogP contribution in [-0.2, 0) is 16.0 Å². The van der Waals surface area contributed by atoms with Gasteiger partial charge in [-0.1, -0.05) is 23.7 Å². The fourth-order valence-corrected chi connectivity index (χ4v) is 3.53. The topological polar surface area (TPSA) is 74.8 Å². The van der Waals surface area contributed by atoms with Gasteiger partial charge in [0.2, 0.25) is 11.8 Å². The highest BCUT2D eigenvalue weighted by Gasteiger charge is 2.26. The number of carbonyl (C=O) groups is 2. The summed E-state index contributed by atoms with van der Waals surface area (Å²) in [5.74, 6) is 1.22. The zero-order chi connectivity index (χ0) is 20.8. The molecule has 1 aromatic carbocycles. The third-order valence-electron chi connectivity index (χ3n) is 4.92. The van der Waals surface area contributed by atoms with E-state index < -0.39 is 6.04 Å². The summed E-state index contributed by atoms with van der Waals surface area (Å²) in [4.78, 5) is 33.4. The van der Waals surface area contributed by atoms with Crippen LogP contribution in [0.2, 0.25) is 5.02 Å². The second-order valence-electron chi connectivity index (χ2n) is 6.92. The number of nitrogens with one attached hydrogen (secondary N) is 1. The van der Waals surface area contributed by atoms with Crippen LogP contribution in [0, 0.1) is 0 Å². The third-order valence-corrected chi connectivity index (χ3v) is 5.28. The molecule has 1 saturated heterocycles. The SMILES string of the molecule is COc1ccc(CC(=O)N[C@H](C)C(=O)N2CCN(c3ccccn3)CC2)c(Cl)c1. The minimum atomic E-state index is -0.596. The zero-order valence-electron chi connectivity index (χ0n) is 16.6. The van der Waals surface area contributed by atoms with Gasteiger partial charge in [0.1, 0.15) is 17.6 Å². The van der Waals surface area contributed by atoms with E-state index in [2.05, 4.69) is 15.2 Å². The number of piperazine rings is 1. The minimum absolute atomic E-state index is 0.0835. The van der Waals surface area contributed by atoms with Gasteiger partial charge >= 0.3 is 0 Å². The molecule has 1 aromatic heterocycles. The Morgan fingerprint density at radius 3 is 2.59 bits per heavy atom. The van der Waals surface area contributed by atoms with Gasteiger partial charge in [-0.25, -0.2) is 4.98 Å². The first-order valence-electron chi connectivity index (χ1n) is 9.54. The Hall–Kier alpha value is -2.80. The molecule has 3 rings (SSSR count). The lowest BCUT2D eigenvalue weighted by Gasteiger charge is -2.36. The van der Waals surface area contributed by atoms with Crippen LogP contribution in [-0.4, -0.2) is 61.0 Å². The van der Waals surface area contributed by atoms with Crippen LogP contribution in [0.3, 0.4) is 0 Å². The van der Waals surface area contributed by atoms with Crippen molar-refractivity contribution >= 4 is 29.2 Å². The number of hydrogen-bond donors (Lipinski definition) is 1. The van der Waals surface area contributed by atoms with Crippen LogP contribution in [0.4, 0.5) is 5.82 Å². The number of hydrogen-bond acceptors (Lipinski definition) is 5. The van der Waals surface area contributed by atoms with Gasteiger partial charge in [0.05, 0.1) is 13.5 Å². The average Bonchev–Trinajstić information content (AvgIpc) is 2.75. The fraction of sp³-hybridized carbons (Fsp3) is 0.381. The van der Waals surface area contributed by atoms with Gasteiger partial charge in [-0.2, -0.15) is 0 Å². The van der Waals surface area contributed by atoms with Gasteiger partial charge in [-0.15, -0.1) is 0 Å². The summed E-state index contributed by atoms with van der Waals surface area (Å²) in [5.41, 5.74) is 0.689. The monoisotopic (exact) mass is 416 g/mol. The second-order valence-corrected chi connectivity index (χ2v) is 7.33. The number of methoxy groups -OCH3 is 1. The molecule has 1 fully saturated rings. The van der Waals surface area contributed by atoms with E-state index in [0.29, 0.717) is 42.5 Å². The summed E-state index contributed by atoms with van der Waals surface area (Å²) in [6.45, 7) is 4.33. The number of amides is 2. The third kappa shape index (κ3) is 5.38. The Morgan fingerprint density at radius 1 is 1.21 bits per heavy atom. The molecule has 7 nitrogen and oxygen atoms in total. The van der Waals surface area contributed by atoms with Crippen molar-refractivity contribution in [1.82, 2.24) is 15.2 Å². The first-order chi connectivity index (χ1) is 14.0. The highest BCUT2D eigenvalue weighted by atomic mass is 35.5. The summed E-state index contributed by atoms with van der Waals surface area (Å²) in [6, 6.07) is 10.4. The number of carbonyl (C=O) groups excluding carboxylic acids is 2. The molecule has 2 heterocycles. The van der Waals surface area contributed by atoms with Gasteiger partial charge in [0, 0.05) is 37.4 Å². The molecule has 1 aliphatic heterocycles. The number of anilines is 1. The van der Waals surface area contributed by atoms with Crippen molar-refractivity contribution in [3.05, 3.63) is 53.2 Å². The maximum Gasteiger partial charge on any atom is 0.244 e. The molecular formula is C21H25ClN4O3. The molecule has 0 bridgehead atoms. The van der Waals surface area contributed by atoms with Crippen molar-refractivity contribution in [2.75, 3.05) is 38.2 Å². The lowest BCUT2D eigenvalue weighted by Crippen LogP contribution is -2.54. The highest BCUT2D eigenvalue weighted by molar-refractivity contribution is 6.31. The van der Waals surface area contributed by atoms with Crippen molar-refractivity contribution < 1.29 is 14.3 Å². The van der Waals surface area contributed by atoms with Gasteiger partial charge in [-0.3, -0.25) is 9.59 Å². The lowest BCUT2D eigenvalue weighted by molar-refractivity contribution is -0.136. The number of ether oxygens (including phenoxy) is 1. The molecule has 1 N–H and O–H groups in total. The summed E-state index contributed by atoms with van der Waals surface area (Å²) >= 11 is 6.19. The molecule has 2 amide bonds. The van der Waals surface area contributed by atoms with Gasteiger partial charge in [-0.05, 0) is 36.8 Å². The molecule has 0 radical (unpaired) electrons. The summed E-state index contributed by atoms with van der Waals surface area (Å²) < 4.78 is 5.11. The van der Waals surface area contributed by atoms with Crippen LogP contribution >= 0.6 is 11.6 Å². The Bertz CT molecular complexity index is 854. The van der Waals surface area contributed by atoms with E-state index in [-0.39, 0.29) is 18.2 Å². The summed E-state index contributed by atoms with van der Waals surface area (Å²) in [5, 5.41) is 3.24. The number of pyridine rings is 1. The van der Waals surface area contributed by atoms with E-state index in [4.69, 9.17) is 16.3 Å². The van der Waals surface area contributed by atoms with Crippen molar-refractivity contribution in [2.24, 2.45) is 0 Å². The molecule has 154 valence electrons. The summed E-state index contributed by atoms with van der Waals surface area (Å²) in [7, 11) is 1.56. The smallest absolute Gasteiger partial charge is 0.244 e. The van der Waals surface area contributed by atoms with E-state index in [1.54, 1.807) is 43.3 Å². The van der Waals surface area contributed by atoms with Crippen LogP contribution in [0.5, 0.6) is 5.75 Å². The van der Waals surface area contributed by atoms with Crippen molar-refractivity contribution in [3.8, 4) is 5.75 Å². The zero-order valence-corrected chi connectivity index (χ0v) is 17.4. The molecular weight excluding hydrogens is 392 g/mol. The van der Waals surface area contributed by atoms with Gasteiger partial charge in [0.15, 0.2) is 0 Å². The quantitative estimate of drug-likeness (QED) is 0.780. The Morgan fingerprint density at radius 2 is 1.97 bits per heavy atom. The Labute approximate surface area is 175 Å². The van der Waals surface area contributed by atoms with Crippen molar-refractivity contribution in [2.45, 2.75) is 19.4 Å². The predicted molar refractivity (Wildman–Crippen MR) is 112 cm³/mol. The van der Waals surface area contributed by atoms with E-state index in [0.717, 1.165) is 5.82 Å². The number of benzene rings is 1. The minimum Gasteiger partial charge on any atom is -0.497 e. The highest BCUT2D eigenvalue weighted by Crippen LogP contribution is 2.22. The molecule has 8 heteroatoms. The van der Waals surface area contributed by atoms with Crippen LogP contribution in [0.15, 0.2) is 42.6 Å². The van der Waals surface area contributed by atoms with Crippen molar-refractivity contribution in [3.63, 3.8) is 0 Å². The largest absolute Gasteiger partial charge is 0.497 e. The molecule has 1 atom stereocenters. The average molecular weight is 417 g/mol. The normalized spacial score (nSPS) is 15.0. The molecule has 0 aliphatic carbocycles. The number of aromatic nitrogens is 1. The standard InChI is InChI=1S/C21H25ClN4O3/c1-15(24-20(27)13-16-6-7-17(29-2)14-18(16)22)21(28)26-11-9-25(10-12-26)19-5-3-4-8-23-19/h3-8,14-15H,9-13H2,1-2H3,(H,24,27)/t15-/m1/s1. The van der Waals surface area contributed by atoms with Crippen LogP contribution in [0.1, 0.15) is 12.5 Å². The Kier molecular flexibility index (Phi) is 6.93. The first-order valence-corrected chi connectivity index (χ1v) is 9.92. The number of rotatable bonds is 6. The lowest BCUT2D eigenvalue weighted by atomic mass is 10.1.